The fraction of sp³-hybridized carbons (Fsp3) is 0.786. The van der Waals surface area contributed by atoms with Crippen LogP contribution in [-0.4, -0.2) is 36.5 Å². The van der Waals surface area contributed by atoms with Gasteiger partial charge in [0.25, 0.3) is 0 Å². The average Bonchev–Trinajstić information content (AvgIpc) is 2.28. The van der Waals surface area contributed by atoms with Crippen LogP contribution in [0.25, 0.3) is 0 Å². The lowest BCUT2D eigenvalue weighted by molar-refractivity contribution is -0.160. The second-order valence-corrected chi connectivity index (χ2v) is 5.38. The number of hydrogen-bond acceptors (Lipinski definition) is 4. The Labute approximate surface area is 115 Å². The molecule has 0 aliphatic carbocycles. The van der Waals surface area contributed by atoms with E-state index in [1.807, 2.05) is 33.8 Å². The van der Waals surface area contributed by atoms with Gasteiger partial charge in [0.15, 0.2) is 0 Å². The lowest BCUT2D eigenvalue weighted by Gasteiger charge is -2.32. The third-order valence-electron chi connectivity index (χ3n) is 2.82. The zero-order chi connectivity index (χ0) is 15.1. The summed E-state index contributed by atoms with van der Waals surface area (Å²) in [7, 11) is 0. The van der Waals surface area contributed by atoms with Crippen LogP contribution in [0.5, 0.6) is 0 Å². The molecule has 0 aromatic rings. The first-order valence-corrected chi connectivity index (χ1v) is 6.61. The van der Waals surface area contributed by atoms with Gasteiger partial charge in [-0.3, -0.25) is 9.59 Å². The van der Waals surface area contributed by atoms with Crippen molar-refractivity contribution in [1.82, 2.24) is 4.90 Å². The topological polar surface area (TPSA) is 70.4 Å². The van der Waals surface area contributed by atoms with Crippen molar-refractivity contribution >= 4 is 11.9 Å². The van der Waals surface area contributed by atoms with E-state index in [0.29, 0.717) is 13.1 Å². The van der Waals surface area contributed by atoms with Gasteiger partial charge in [0.2, 0.25) is 5.91 Å². The number of rotatable bonds is 6. The summed E-state index contributed by atoms with van der Waals surface area (Å²) < 4.78 is 5.00. The Hall–Kier alpha value is -1.57. The van der Waals surface area contributed by atoms with E-state index in [2.05, 4.69) is 0 Å². The van der Waals surface area contributed by atoms with Gasteiger partial charge in [0.1, 0.15) is 5.92 Å². The van der Waals surface area contributed by atoms with Gasteiger partial charge in [0.05, 0.1) is 19.1 Å². The fourth-order valence-corrected chi connectivity index (χ4v) is 1.84. The van der Waals surface area contributed by atoms with Crippen molar-refractivity contribution in [2.45, 2.75) is 41.0 Å². The normalized spacial score (nSPS) is 12.4. The largest absolute Gasteiger partial charge is 0.465 e. The van der Waals surface area contributed by atoms with Crippen LogP contribution in [0.3, 0.4) is 0 Å². The van der Waals surface area contributed by atoms with Gasteiger partial charge in [-0.25, -0.2) is 0 Å². The Morgan fingerprint density at radius 2 is 1.89 bits per heavy atom. The van der Waals surface area contributed by atoms with Crippen LogP contribution in [0.1, 0.15) is 41.0 Å². The number of hydrogen-bond donors (Lipinski definition) is 0. The first-order chi connectivity index (χ1) is 8.79. The molecule has 0 fully saturated rings. The van der Waals surface area contributed by atoms with Crippen molar-refractivity contribution in [3.05, 3.63) is 0 Å². The highest BCUT2D eigenvalue weighted by Crippen LogP contribution is 2.29. The predicted molar refractivity (Wildman–Crippen MR) is 72.1 cm³/mol. The molecule has 1 amide bonds. The summed E-state index contributed by atoms with van der Waals surface area (Å²) in [6, 6.07) is 2.01. The maximum Gasteiger partial charge on any atom is 0.319 e. The highest BCUT2D eigenvalue weighted by atomic mass is 16.5. The maximum absolute atomic E-state index is 12.5. The standard InChI is InChI=1S/C14H24N2O3/c1-6-16(10-8-9-15)12(17)11(14(3,4)5)13(18)19-7-2/h11H,6-8,10H2,1-5H3. The molecule has 0 aliphatic rings. The van der Waals surface area contributed by atoms with E-state index in [9.17, 15) is 9.59 Å². The lowest BCUT2D eigenvalue weighted by Crippen LogP contribution is -2.46. The van der Waals surface area contributed by atoms with E-state index in [1.54, 1.807) is 6.92 Å². The number of esters is 1. The molecule has 0 heterocycles. The van der Waals surface area contributed by atoms with E-state index in [4.69, 9.17) is 10.00 Å². The SMILES string of the molecule is CCOC(=O)C(C(=O)N(CC)CCC#N)C(C)(C)C. The average molecular weight is 268 g/mol. The van der Waals surface area contributed by atoms with Crippen LogP contribution in [0, 0.1) is 22.7 Å². The van der Waals surface area contributed by atoms with Gasteiger partial charge < -0.3 is 9.64 Å². The molecule has 0 rings (SSSR count). The first-order valence-electron chi connectivity index (χ1n) is 6.61. The van der Waals surface area contributed by atoms with Gasteiger partial charge in [-0.05, 0) is 19.3 Å². The Morgan fingerprint density at radius 3 is 2.26 bits per heavy atom. The molecule has 108 valence electrons. The van der Waals surface area contributed by atoms with Crippen LogP contribution in [0.2, 0.25) is 0 Å². The van der Waals surface area contributed by atoms with E-state index in [1.165, 1.54) is 4.90 Å². The van der Waals surface area contributed by atoms with Crippen LogP contribution < -0.4 is 0 Å². The molecule has 0 saturated heterocycles. The second kappa shape index (κ2) is 7.78. The van der Waals surface area contributed by atoms with Crippen molar-refractivity contribution in [1.29, 1.82) is 5.26 Å². The molecule has 0 radical (unpaired) electrons. The highest BCUT2D eigenvalue weighted by Gasteiger charge is 2.40. The smallest absolute Gasteiger partial charge is 0.319 e. The molecule has 0 spiro atoms. The fourth-order valence-electron chi connectivity index (χ4n) is 1.84. The van der Waals surface area contributed by atoms with E-state index in [0.717, 1.165) is 0 Å². The minimum atomic E-state index is -0.828. The molecule has 0 aliphatic heterocycles. The molecule has 0 aromatic heterocycles. The lowest BCUT2D eigenvalue weighted by atomic mass is 9.79. The molecular formula is C14H24N2O3. The van der Waals surface area contributed by atoms with E-state index in [-0.39, 0.29) is 18.9 Å². The molecule has 1 atom stereocenters. The molecule has 0 saturated carbocycles. The molecule has 5 nitrogen and oxygen atoms in total. The number of amides is 1. The molecule has 0 aromatic carbocycles. The first kappa shape index (κ1) is 17.4. The maximum atomic E-state index is 12.5. The summed E-state index contributed by atoms with van der Waals surface area (Å²) in [6.07, 6.45) is 0.263. The number of carbonyl (C=O) groups excluding carboxylic acids is 2. The number of nitriles is 1. The van der Waals surface area contributed by atoms with Crippen molar-refractivity contribution in [3.8, 4) is 6.07 Å². The molecule has 0 N–H and O–H groups in total. The van der Waals surface area contributed by atoms with Crippen molar-refractivity contribution in [3.63, 3.8) is 0 Å². The van der Waals surface area contributed by atoms with Gasteiger partial charge in [-0.1, -0.05) is 20.8 Å². The second-order valence-electron chi connectivity index (χ2n) is 5.38. The zero-order valence-electron chi connectivity index (χ0n) is 12.5. The van der Waals surface area contributed by atoms with Crippen LogP contribution in [-0.2, 0) is 14.3 Å². The summed E-state index contributed by atoms with van der Waals surface area (Å²) >= 11 is 0. The van der Waals surface area contributed by atoms with Crippen LogP contribution in [0.4, 0.5) is 0 Å². The van der Waals surface area contributed by atoms with Gasteiger partial charge >= 0.3 is 5.97 Å². The Balaban J connectivity index is 5.09. The van der Waals surface area contributed by atoms with E-state index >= 15 is 0 Å². The Morgan fingerprint density at radius 1 is 1.32 bits per heavy atom. The van der Waals surface area contributed by atoms with Gasteiger partial charge in [-0.15, -0.1) is 0 Å². The quantitative estimate of drug-likeness (QED) is 0.545. The van der Waals surface area contributed by atoms with Gasteiger partial charge in [0, 0.05) is 13.1 Å². The summed E-state index contributed by atoms with van der Waals surface area (Å²) in [5.74, 6) is -1.58. The predicted octanol–water partition coefficient (Wildman–Crippen LogP) is 1.97. The number of ether oxygens (including phenoxy) is 1. The summed E-state index contributed by atoms with van der Waals surface area (Å²) in [5.41, 5.74) is -0.511. The number of nitrogens with zero attached hydrogens (tertiary/aromatic N) is 2. The van der Waals surface area contributed by atoms with E-state index < -0.39 is 17.3 Å². The van der Waals surface area contributed by atoms with Crippen molar-refractivity contribution in [2.24, 2.45) is 11.3 Å². The Bertz CT molecular complexity index is 353. The summed E-state index contributed by atoms with van der Waals surface area (Å²) in [5, 5.41) is 8.60. The number of carbonyl (C=O) groups is 2. The molecule has 19 heavy (non-hydrogen) atoms. The van der Waals surface area contributed by atoms with Crippen molar-refractivity contribution in [2.75, 3.05) is 19.7 Å². The Kier molecular flexibility index (Phi) is 7.13. The third kappa shape index (κ3) is 5.29. The molecular weight excluding hydrogens is 244 g/mol. The third-order valence-corrected chi connectivity index (χ3v) is 2.82. The minimum Gasteiger partial charge on any atom is -0.465 e. The highest BCUT2D eigenvalue weighted by molar-refractivity contribution is 5.98. The summed E-state index contributed by atoms with van der Waals surface area (Å²) in [6.45, 7) is 10.1. The van der Waals surface area contributed by atoms with Gasteiger partial charge in [-0.2, -0.15) is 5.26 Å². The van der Waals surface area contributed by atoms with Crippen molar-refractivity contribution < 1.29 is 14.3 Å². The zero-order valence-corrected chi connectivity index (χ0v) is 12.5. The molecule has 5 heteroatoms. The summed E-state index contributed by atoms with van der Waals surface area (Å²) in [4.78, 5) is 26.0. The minimum absolute atomic E-state index is 0.253. The monoisotopic (exact) mass is 268 g/mol. The molecule has 1 unspecified atom stereocenters. The van der Waals surface area contributed by atoms with Crippen LogP contribution in [0.15, 0.2) is 0 Å². The molecule has 0 bridgehead atoms. The van der Waals surface area contributed by atoms with Crippen LogP contribution >= 0.6 is 0 Å².